The fraction of sp³-hybridized carbons (Fsp3) is 0.111. The summed E-state index contributed by atoms with van der Waals surface area (Å²) in [6, 6.07) is 6.47. The first-order valence-electron chi connectivity index (χ1n) is 3.64. The highest BCUT2D eigenvalue weighted by Crippen LogP contribution is 2.32. The van der Waals surface area contributed by atoms with E-state index in [1.807, 2.05) is 0 Å². The number of fused-ring (bicyclic) bond motifs is 1. The number of hydrogen-bond acceptors (Lipinski definition) is 1. The highest BCUT2D eigenvalue weighted by Gasteiger charge is 2.04. The molecule has 0 radical (unpaired) electrons. The first-order chi connectivity index (χ1) is 6.20. The molecule has 0 atom stereocenters. The molecule has 0 bridgehead atoms. The third-order valence-corrected chi connectivity index (χ3v) is 4.68. The fourth-order valence-corrected chi connectivity index (χ4v) is 3.94. The molecule has 1 aromatic heterocycles. The van der Waals surface area contributed by atoms with E-state index in [2.05, 4.69) is 56.7 Å². The molecule has 0 aliphatic rings. The first kappa shape index (κ1) is 10.2. The van der Waals surface area contributed by atoms with Crippen molar-refractivity contribution in [3.63, 3.8) is 0 Å². The molecule has 0 nitrogen and oxygen atoms in total. The van der Waals surface area contributed by atoms with E-state index in [-0.39, 0.29) is 0 Å². The normalized spacial score (nSPS) is 11.0. The van der Waals surface area contributed by atoms with Crippen LogP contribution in [-0.4, -0.2) is 0 Å². The molecule has 1 aromatic carbocycles. The quantitative estimate of drug-likeness (QED) is 0.477. The zero-order chi connectivity index (χ0) is 9.42. The Kier molecular flexibility index (Phi) is 3.18. The van der Waals surface area contributed by atoms with Gasteiger partial charge in [0.25, 0.3) is 0 Å². The molecule has 0 fully saturated rings. The van der Waals surface area contributed by atoms with Gasteiger partial charge in [-0.05, 0) is 51.7 Å². The van der Waals surface area contributed by atoms with Crippen molar-refractivity contribution in [3.05, 3.63) is 31.1 Å². The lowest BCUT2D eigenvalue weighted by Crippen LogP contribution is -1.78. The first-order valence-corrected chi connectivity index (χ1v) is 6.86. The predicted octanol–water partition coefficient (Wildman–Crippen LogP) is 5.01. The summed E-state index contributed by atoms with van der Waals surface area (Å²) in [4.78, 5) is 0. The van der Waals surface area contributed by atoms with Crippen LogP contribution in [0.2, 0.25) is 0 Å². The van der Waals surface area contributed by atoms with Crippen LogP contribution in [-0.2, 0) is 5.88 Å². The van der Waals surface area contributed by atoms with Crippen molar-refractivity contribution in [2.24, 2.45) is 0 Å². The predicted molar refractivity (Wildman–Crippen MR) is 71.8 cm³/mol. The van der Waals surface area contributed by atoms with Crippen LogP contribution in [0, 0.1) is 2.88 Å². The second kappa shape index (κ2) is 4.04. The minimum absolute atomic E-state index is 0.561. The van der Waals surface area contributed by atoms with Gasteiger partial charge in [-0.1, -0.05) is 15.9 Å². The average molecular weight is 387 g/mol. The van der Waals surface area contributed by atoms with Crippen molar-refractivity contribution < 1.29 is 0 Å². The molecule has 13 heavy (non-hydrogen) atoms. The molecule has 2 rings (SSSR count). The lowest BCUT2D eigenvalue weighted by Gasteiger charge is -1.99. The maximum Gasteiger partial charge on any atom is 0.0666 e. The number of benzene rings is 1. The molecule has 4 heteroatoms. The van der Waals surface area contributed by atoms with Crippen molar-refractivity contribution in [1.82, 2.24) is 0 Å². The van der Waals surface area contributed by atoms with Gasteiger partial charge in [-0.3, -0.25) is 0 Å². The minimum Gasteiger partial charge on any atom is -0.129 e. The van der Waals surface area contributed by atoms with Gasteiger partial charge in [0.05, 0.1) is 2.88 Å². The maximum atomic E-state index is 5.81. The number of alkyl halides is 1. The highest BCUT2D eigenvalue weighted by atomic mass is 127. The summed E-state index contributed by atoms with van der Waals surface area (Å²) in [5.41, 5.74) is 1.16. The van der Waals surface area contributed by atoms with Crippen molar-refractivity contribution >= 4 is 71.5 Å². The van der Waals surface area contributed by atoms with Crippen LogP contribution in [0.15, 0.2) is 22.7 Å². The third-order valence-electron chi connectivity index (χ3n) is 1.80. The van der Waals surface area contributed by atoms with Crippen LogP contribution in [0.25, 0.3) is 10.1 Å². The third kappa shape index (κ3) is 2.03. The summed E-state index contributed by atoms with van der Waals surface area (Å²) in [7, 11) is 0. The van der Waals surface area contributed by atoms with Gasteiger partial charge >= 0.3 is 0 Å². The molecule has 0 saturated carbocycles. The maximum absolute atomic E-state index is 5.81. The van der Waals surface area contributed by atoms with Gasteiger partial charge in [-0.15, -0.1) is 22.9 Å². The molecule has 0 spiro atoms. The Morgan fingerprint density at radius 1 is 1.38 bits per heavy atom. The van der Waals surface area contributed by atoms with Crippen molar-refractivity contribution in [2.75, 3.05) is 0 Å². The van der Waals surface area contributed by atoms with Crippen LogP contribution >= 0.6 is 61.5 Å². The van der Waals surface area contributed by atoms with E-state index in [0.29, 0.717) is 5.88 Å². The zero-order valence-corrected chi connectivity index (χ0v) is 11.8. The van der Waals surface area contributed by atoms with Gasteiger partial charge in [-0.25, -0.2) is 0 Å². The van der Waals surface area contributed by atoms with Crippen LogP contribution in [0.5, 0.6) is 0 Å². The summed E-state index contributed by atoms with van der Waals surface area (Å²) >= 11 is 13.5. The molecule has 0 aliphatic carbocycles. The van der Waals surface area contributed by atoms with Crippen LogP contribution in [0.4, 0.5) is 0 Å². The molecule has 68 valence electrons. The fourth-order valence-electron chi connectivity index (χ4n) is 1.17. The molecule has 2 aromatic rings. The largest absolute Gasteiger partial charge is 0.129 e. The summed E-state index contributed by atoms with van der Waals surface area (Å²) in [5, 5.41) is 1.29. The lowest BCUT2D eigenvalue weighted by atomic mass is 10.2. The second-order valence-electron chi connectivity index (χ2n) is 2.67. The molecule has 0 N–H and O–H groups in total. The Balaban J connectivity index is 2.72. The molecule has 0 amide bonds. The van der Waals surface area contributed by atoms with Crippen molar-refractivity contribution in [2.45, 2.75) is 5.88 Å². The van der Waals surface area contributed by atoms with E-state index < -0.39 is 0 Å². The van der Waals surface area contributed by atoms with Crippen LogP contribution in [0.1, 0.15) is 5.56 Å². The van der Waals surface area contributed by atoms with Gasteiger partial charge in [0.15, 0.2) is 0 Å². The number of thiophene rings is 1. The number of halogens is 3. The van der Waals surface area contributed by atoms with E-state index in [4.69, 9.17) is 11.6 Å². The van der Waals surface area contributed by atoms with E-state index in [0.717, 1.165) is 10.0 Å². The Morgan fingerprint density at radius 2 is 2.15 bits per heavy atom. The Morgan fingerprint density at radius 3 is 2.85 bits per heavy atom. The summed E-state index contributed by atoms with van der Waals surface area (Å²) in [6.45, 7) is 0. The SMILES string of the molecule is ClCc1cc2sc(I)cc2cc1Br. The monoisotopic (exact) mass is 386 g/mol. The van der Waals surface area contributed by atoms with Crippen LogP contribution < -0.4 is 0 Å². The van der Waals surface area contributed by atoms with Crippen molar-refractivity contribution in [3.8, 4) is 0 Å². The Labute approximate surface area is 108 Å². The molecular weight excluding hydrogens is 382 g/mol. The molecule has 0 aliphatic heterocycles. The van der Waals surface area contributed by atoms with E-state index in [1.54, 1.807) is 11.3 Å². The van der Waals surface area contributed by atoms with E-state index in [9.17, 15) is 0 Å². The molecular formula is C9H5BrClIS. The summed E-state index contributed by atoms with van der Waals surface area (Å²) < 4.78 is 3.72. The lowest BCUT2D eigenvalue weighted by molar-refractivity contribution is 1.40. The van der Waals surface area contributed by atoms with Gasteiger partial charge in [0.2, 0.25) is 0 Å². The zero-order valence-electron chi connectivity index (χ0n) is 6.48. The average Bonchev–Trinajstić information content (AvgIpc) is 2.42. The summed E-state index contributed by atoms with van der Waals surface area (Å²) in [6.07, 6.45) is 0. The number of rotatable bonds is 1. The summed E-state index contributed by atoms with van der Waals surface area (Å²) in [5.74, 6) is 0.561. The minimum atomic E-state index is 0.561. The van der Waals surface area contributed by atoms with Gasteiger partial charge < -0.3 is 0 Å². The standard InChI is InChI=1S/C9H5BrClIS/c10-7-1-5-3-9(12)13-8(5)2-6(7)4-11/h1-3H,4H2. The van der Waals surface area contributed by atoms with Crippen molar-refractivity contribution in [1.29, 1.82) is 0 Å². The Hall–Kier alpha value is 0.680. The molecule has 0 unspecified atom stereocenters. The van der Waals surface area contributed by atoms with E-state index >= 15 is 0 Å². The van der Waals surface area contributed by atoms with E-state index in [1.165, 1.54) is 13.0 Å². The van der Waals surface area contributed by atoms with Gasteiger partial charge in [0.1, 0.15) is 0 Å². The smallest absolute Gasteiger partial charge is 0.0666 e. The Bertz CT molecular complexity index is 452. The molecule has 1 heterocycles. The molecule has 0 saturated heterocycles. The highest BCUT2D eigenvalue weighted by molar-refractivity contribution is 14.1. The van der Waals surface area contributed by atoms with Crippen LogP contribution in [0.3, 0.4) is 0 Å². The van der Waals surface area contributed by atoms with Gasteiger partial charge in [0, 0.05) is 15.1 Å². The van der Waals surface area contributed by atoms with Gasteiger partial charge in [-0.2, -0.15) is 0 Å². The second-order valence-corrected chi connectivity index (χ2v) is 6.77. The number of hydrogen-bond donors (Lipinski definition) is 0. The topological polar surface area (TPSA) is 0 Å².